The number of hydrogen-bond donors (Lipinski definition) is 0. The van der Waals surface area contributed by atoms with Crippen LogP contribution < -0.4 is 4.74 Å². The molecule has 2 aromatic rings. The average molecular weight is 268 g/mol. The summed E-state index contributed by atoms with van der Waals surface area (Å²) in [5.74, 6) is 0.847. The highest BCUT2D eigenvalue weighted by Gasteiger charge is 2.12. The van der Waals surface area contributed by atoms with E-state index in [1.54, 1.807) is 0 Å². The lowest BCUT2D eigenvalue weighted by atomic mass is 9.97. The molecule has 0 aliphatic heterocycles. The summed E-state index contributed by atoms with van der Waals surface area (Å²) in [6.07, 6.45) is 0.135. The molecule has 0 fully saturated rings. The van der Waals surface area contributed by atoms with Gasteiger partial charge in [-0.25, -0.2) is 0 Å². The summed E-state index contributed by atoms with van der Waals surface area (Å²) in [7, 11) is 0. The largest absolute Gasteiger partial charge is 0.491 e. The third-order valence-electron chi connectivity index (χ3n) is 3.13. The Morgan fingerprint density at radius 3 is 2.25 bits per heavy atom. The highest BCUT2D eigenvalue weighted by molar-refractivity contribution is 6.10. The molecule has 0 N–H and O–H groups in total. The first-order valence-corrected chi connectivity index (χ1v) is 6.86. The van der Waals surface area contributed by atoms with Crippen molar-refractivity contribution in [2.24, 2.45) is 0 Å². The first-order chi connectivity index (χ1) is 9.47. The second-order valence-electron chi connectivity index (χ2n) is 5.34. The molecule has 0 spiro atoms. The van der Waals surface area contributed by atoms with E-state index in [1.807, 2.05) is 70.2 Å². The number of ketones is 1. The van der Waals surface area contributed by atoms with Crippen molar-refractivity contribution < 1.29 is 9.53 Å². The molecule has 0 aliphatic carbocycles. The van der Waals surface area contributed by atoms with Crippen LogP contribution in [0.4, 0.5) is 0 Å². The van der Waals surface area contributed by atoms with E-state index in [9.17, 15) is 4.79 Å². The molecule has 0 atom stereocenters. The molecule has 104 valence electrons. The first kappa shape index (κ1) is 14.3. The second-order valence-corrected chi connectivity index (χ2v) is 5.34. The quantitative estimate of drug-likeness (QED) is 0.772. The summed E-state index contributed by atoms with van der Waals surface area (Å²) in [4.78, 5) is 12.5. The Morgan fingerprint density at radius 1 is 1.00 bits per heavy atom. The molecule has 0 unspecified atom stereocenters. The molecular formula is C18H20O2. The van der Waals surface area contributed by atoms with Crippen molar-refractivity contribution in [3.8, 4) is 5.75 Å². The van der Waals surface area contributed by atoms with Gasteiger partial charge in [-0.1, -0.05) is 17.7 Å². The maximum atomic E-state index is 12.5. The van der Waals surface area contributed by atoms with Gasteiger partial charge in [-0.3, -0.25) is 4.79 Å². The standard InChI is InChI=1S/C18H20O2/c1-12(2)20-16-9-7-15(8-10-16)18(19)17-11-13(3)5-6-14(17)4/h5-12H,1-4H3. The minimum atomic E-state index is 0.0577. The topological polar surface area (TPSA) is 26.3 Å². The number of benzene rings is 2. The molecule has 0 aliphatic rings. The monoisotopic (exact) mass is 268 g/mol. The zero-order valence-electron chi connectivity index (χ0n) is 12.4. The predicted molar refractivity (Wildman–Crippen MR) is 81.6 cm³/mol. The van der Waals surface area contributed by atoms with Crippen molar-refractivity contribution in [1.29, 1.82) is 0 Å². The fraction of sp³-hybridized carbons (Fsp3) is 0.278. The highest BCUT2D eigenvalue weighted by Crippen LogP contribution is 2.19. The van der Waals surface area contributed by atoms with Gasteiger partial charge in [-0.15, -0.1) is 0 Å². The SMILES string of the molecule is Cc1ccc(C)c(C(=O)c2ccc(OC(C)C)cc2)c1. The molecule has 2 heteroatoms. The summed E-state index contributed by atoms with van der Waals surface area (Å²) < 4.78 is 5.59. The van der Waals surface area contributed by atoms with Crippen LogP contribution in [0.1, 0.15) is 40.9 Å². The minimum absolute atomic E-state index is 0.0577. The van der Waals surface area contributed by atoms with Gasteiger partial charge >= 0.3 is 0 Å². The molecule has 0 heterocycles. The van der Waals surface area contributed by atoms with Gasteiger partial charge < -0.3 is 4.74 Å². The fourth-order valence-electron chi connectivity index (χ4n) is 2.09. The molecule has 2 nitrogen and oxygen atoms in total. The van der Waals surface area contributed by atoms with Crippen LogP contribution in [-0.2, 0) is 0 Å². The molecule has 0 saturated heterocycles. The maximum absolute atomic E-state index is 12.5. The van der Waals surface area contributed by atoms with Gasteiger partial charge in [0.05, 0.1) is 6.10 Å². The zero-order valence-corrected chi connectivity index (χ0v) is 12.4. The van der Waals surface area contributed by atoms with Crippen LogP contribution in [-0.4, -0.2) is 11.9 Å². The first-order valence-electron chi connectivity index (χ1n) is 6.86. The smallest absolute Gasteiger partial charge is 0.193 e. The Bertz CT molecular complexity index is 610. The molecule has 0 saturated carbocycles. The van der Waals surface area contributed by atoms with Gasteiger partial charge in [0.1, 0.15) is 5.75 Å². The normalized spacial score (nSPS) is 10.7. The number of aryl methyl sites for hydroxylation is 2. The van der Waals surface area contributed by atoms with Crippen LogP contribution >= 0.6 is 0 Å². The Kier molecular flexibility index (Phi) is 4.23. The van der Waals surface area contributed by atoms with Crippen molar-refractivity contribution in [1.82, 2.24) is 0 Å². The average Bonchev–Trinajstić information content (AvgIpc) is 2.41. The van der Waals surface area contributed by atoms with Crippen molar-refractivity contribution in [3.05, 3.63) is 64.7 Å². The Balaban J connectivity index is 2.27. The van der Waals surface area contributed by atoms with Crippen molar-refractivity contribution in [2.45, 2.75) is 33.8 Å². The van der Waals surface area contributed by atoms with E-state index in [4.69, 9.17) is 4.74 Å². The highest BCUT2D eigenvalue weighted by atomic mass is 16.5. The number of ether oxygens (including phenoxy) is 1. The molecule has 20 heavy (non-hydrogen) atoms. The fourth-order valence-corrected chi connectivity index (χ4v) is 2.09. The van der Waals surface area contributed by atoms with Crippen molar-refractivity contribution >= 4 is 5.78 Å². The van der Waals surface area contributed by atoms with Gasteiger partial charge in [-0.05, 0) is 63.6 Å². The van der Waals surface area contributed by atoms with Crippen LogP contribution in [0.15, 0.2) is 42.5 Å². The van der Waals surface area contributed by atoms with Gasteiger partial charge in [0, 0.05) is 11.1 Å². The molecule has 2 rings (SSSR count). The Labute approximate surface area is 120 Å². The summed E-state index contributed by atoms with van der Waals surface area (Å²) in [5.41, 5.74) is 3.55. The summed E-state index contributed by atoms with van der Waals surface area (Å²) in [5, 5.41) is 0. The lowest BCUT2D eigenvalue weighted by molar-refractivity contribution is 0.103. The van der Waals surface area contributed by atoms with Crippen LogP contribution in [0.5, 0.6) is 5.75 Å². The van der Waals surface area contributed by atoms with E-state index in [0.29, 0.717) is 5.56 Å². The summed E-state index contributed by atoms with van der Waals surface area (Å²) >= 11 is 0. The molecule has 0 amide bonds. The van der Waals surface area contributed by atoms with Gasteiger partial charge in [0.15, 0.2) is 5.78 Å². The van der Waals surface area contributed by atoms with Crippen molar-refractivity contribution in [3.63, 3.8) is 0 Å². The van der Waals surface area contributed by atoms with E-state index in [0.717, 1.165) is 22.4 Å². The molecular weight excluding hydrogens is 248 g/mol. The number of hydrogen-bond acceptors (Lipinski definition) is 2. The third-order valence-corrected chi connectivity index (χ3v) is 3.13. The maximum Gasteiger partial charge on any atom is 0.193 e. The van der Waals surface area contributed by atoms with E-state index in [1.165, 1.54) is 0 Å². The molecule has 2 aromatic carbocycles. The minimum Gasteiger partial charge on any atom is -0.491 e. The van der Waals surface area contributed by atoms with Gasteiger partial charge in [-0.2, -0.15) is 0 Å². The van der Waals surface area contributed by atoms with Crippen LogP contribution in [0.25, 0.3) is 0 Å². The zero-order chi connectivity index (χ0) is 14.7. The Morgan fingerprint density at radius 2 is 1.65 bits per heavy atom. The van der Waals surface area contributed by atoms with E-state index in [-0.39, 0.29) is 11.9 Å². The lowest BCUT2D eigenvalue weighted by Gasteiger charge is -2.10. The summed E-state index contributed by atoms with van der Waals surface area (Å²) in [6.45, 7) is 7.92. The molecule has 0 radical (unpaired) electrons. The van der Waals surface area contributed by atoms with E-state index >= 15 is 0 Å². The number of carbonyl (C=O) groups is 1. The third kappa shape index (κ3) is 3.27. The van der Waals surface area contributed by atoms with Gasteiger partial charge in [0.25, 0.3) is 0 Å². The summed E-state index contributed by atoms with van der Waals surface area (Å²) in [6, 6.07) is 13.3. The van der Waals surface area contributed by atoms with E-state index < -0.39 is 0 Å². The molecule has 0 aromatic heterocycles. The van der Waals surface area contributed by atoms with Crippen molar-refractivity contribution in [2.75, 3.05) is 0 Å². The predicted octanol–water partition coefficient (Wildman–Crippen LogP) is 4.32. The van der Waals surface area contributed by atoms with Crippen LogP contribution in [0.2, 0.25) is 0 Å². The number of carbonyl (C=O) groups excluding carboxylic acids is 1. The Hall–Kier alpha value is -2.09. The lowest BCUT2D eigenvalue weighted by Crippen LogP contribution is -2.07. The second kappa shape index (κ2) is 5.91. The molecule has 0 bridgehead atoms. The van der Waals surface area contributed by atoms with Gasteiger partial charge in [0.2, 0.25) is 0 Å². The van der Waals surface area contributed by atoms with Crippen LogP contribution in [0.3, 0.4) is 0 Å². The number of rotatable bonds is 4. The van der Waals surface area contributed by atoms with Crippen LogP contribution in [0, 0.1) is 13.8 Å². The van der Waals surface area contributed by atoms with E-state index in [2.05, 4.69) is 0 Å².